The topological polar surface area (TPSA) is 136 Å². The second-order valence-electron chi connectivity index (χ2n) is 9.25. The number of phenolic OH excluding ortho intramolecular Hbond substituents is 2. The number of rotatable bonds is 15. The summed E-state index contributed by atoms with van der Waals surface area (Å²) in [5, 5.41) is 24.7. The summed E-state index contributed by atoms with van der Waals surface area (Å²) >= 11 is 0. The SMILES string of the molecule is CCCCCCNS(=O)(=O)CCNCCCC(c1cc2c(cc1O)OCO2)c1cc2c(cc1O)OCO2. The molecule has 2 heterocycles. The molecule has 0 bridgehead atoms. The van der Waals surface area contributed by atoms with Gasteiger partial charge in [-0.15, -0.1) is 0 Å². The first-order chi connectivity index (χ1) is 17.9. The first kappa shape index (κ1) is 27.2. The van der Waals surface area contributed by atoms with E-state index in [2.05, 4.69) is 17.0 Å². The molecule has 0 radical (unpaired) electrons. The summed E-state index contributed by atoms with van der Waals surface area (Å²) in [6, 6.07) is 6.51. The Labute approximate surface area is 217 Å². The van der Waals surface area contributed by atoms with Crippen molar-refractivity contribution in [3.05, 3.63) is 35.4 Å². The zero-order chi connectivity index (χ0) is 26.3. The van der Waals surface area contributed by atoms with Crippen LogP contribution in [0.2, 0.25) is 0 Å². The molecule has 37 heavy (non-hydrogen) atoms. The van der Waals surface area contributed by atoms with Crippen LogP contribution in [0.25, 0.3) is 0 Å². The van der Waals surface area contributed by atoms with Crippen LogP contribution < -0.4 is 29.0 Å². The number of aromatic hydroxyl groups is 2. The molecule has 0 aromatic heterocycles. The average molecular weight is 537 g/mol. The third kappa shape index (κ3) is 7.12. The lowest BCUT2D eigenvalue weighted by Gasteiger charge is -2.21. The van der Waals surface area contributed by atoms with Crippen molar-refractivity contribution >= 4 is 10.0 Å². The van der Waals surface area contributed by atoms with Gasteiger partial charge in [0.2, 0.25) is 23.6 Å². The largest absolute Gasteiger partial charge is 0.508 e. The van der Waals surface area contributed by atoms with Gasteiger partial charge in [-0.2, -0.15) is 0 Å². The van der Waals surface area contributed by atoms with Crippen LogP contribution in [-0.2, 0) is 10.0 Å². The lowest BCUT2D eigenvalue weighted by Crippen LogP contribution is -2.32. The van der Waals surface area contributed by atoms with Crippen LogP contribution >= 0.6 is 0 Å². The van der Waals surface area contributed by atoms with Crippen molar-refractivity contribution in [1.29, 1.82) is 0 Å². The molecule has 0 saturated heterocycles. The van der Waals surface area contributed by atoms with Gasteiger partial charge in [0.1, 0.15) is 11.5 Å². The van der Waals surface area contributed by atoms with Crippen molar-refractivity contribution in [2.45, 2.75) is 51.4 Å². The quantitative estimate of drug-likeness (QED) is 0.252. The molecule has 4 N–H and O–H groups in total. The highest BCUT2D eigenvalue weighted by Crippen LogP contribution is 2.47. The Hall–Kier alpha value is -2.89. The van der Waals surface area contributed by atoms with E-state index in [4.69, 9.17) is 18.9 Å². The molecule has 0 unspecified atom stereocenters. The molecule has 0 fully saturated rings. The second kappa shape index (κ2) is 12.6. The fourth-order valence-corrected chi connectivity index (χ4v) is 5.56. The van der Waals surface area contributed by atoms with Gasteiger partial charge in [0.05, 0.1) is 5.75 Å². The normalized spacial score (nSPS) is 14.0. The van der Waals surface area contributed by atoms with Crippen molar-refractivity contribution in [1.82, 2.24) is 10.0 Å². The molecule has 2 aliphatic heterocycles. The molecule has 11 heteroatoms. The molecule has 0 spiro atoms. The van der Waals surface area contributed by atoms with Gasteiger partial charge in [-0.25, -0.2) is 13.1 Å². The standard InChI is InChI=1S/C26H36N2O8S/c1-2-3-4-5-9-28-37(31,32)11-10-27-8-6-7-18(19-12-23-25(14-21(19)29)35-16-33-23)20-13-24-26(15-22(20)30)36-17-34-24/h12-15,18,27-30H,2-11,16-17H2,1H3. The molecule has 0 aliphatic carbocycles. The van der Waals surface area contributed by atoms with Gasteiger partial charge in [0.15, 0.2) is 23.0 Å². The Morgan fingerprint density at radius 1 is 0.784 bits per heavy atom. The van der Waals surface area contributed by atoms with Crippen LogP contribution in [0.4, 0.5) is 0 Å². The monoisotopic (exact) mass is 536 g/mol. The Balaban J connectivity index is 1.36. The summed E-state index contributed by atoms with van der Waals surface area (Å²) in [6.45, 7) is 3.66. The summed E-state index contributed by atoms with van der Waals surface area (Å²) in [5.41, 5.74) is 1.18. The summed E-state index contributed by atoms with van der Waals surface area (Å²) < 4.78 is 48.8. The maximum absolute atomic E-state index is 12.2. The molecular formula is C26H36N2O8S. The summed E-state index contributed by atoms with van der Waals surface area (Å²) in [5.74, 6) is 1.71. The van der Waals surface area contributed by atoms with E-state index in [1.54, 1.807) is 12.1 Å². The van der Waals surface area contributed by atoms with Crippen molar-refractivity contribution in [3.63, 3.8) is 0 Å². The first-order valence-corrected chi connectivity index (χ1v) is 14.5. The Morgan fingerprint density at radius 2 is 1.35 bits per heavy atom. The average Bonchev–Trinajstić information content (AvgIpc) is 3.51. The zero-order valence-corrected chi connectivity index (χ0v) is 21.9. The fourth-order valence-electron chi connectivity index (χ4n) is 4.55. The van der Waals surface area contributed by atoms with Gasteiger partial charge < -0.3 is 34.5 Å². The minimum atomic E-state index is -3.31. The van der Waals surface area contributed by atoms with Gasteiger partial charge in [0, 0.05) is 42.3 Å². The minimum absolute atomic E-state index is 0.0100. The minimum Gasteiger partial charge on any atom is -0.508 e. The smallest absolute Gasteiger partial charge is 0.231 e. The van der Waals surface area contributed by atoms with E-state index in [1.165, 1.54) is 12.1 Å². The molecular weight excluding hydrogens is 500 g/mol. The molecule has 204 valence electrons. The van der Waals surface area contributed by atoms with E-state index in [9.17, 15) is 18.6 Å². The van der Waals surface area contributed by atoms with Gasteiger partial charge >= 0.3 is 0 Å². The number of ether oxygens (including phenoxy) is 4. The number of benzene rings is 2. The molecule has 0 amide bonds. The number of sulfonamides is 1. The Morgan fingerprint density at radius 3 is 1.92 bits per heavy atom. The molecule has 10 nitrogen and oxygen atoms in total. The van der Waals surface area contributed by atoms with E-state index < -0.39 is 10.0 Å². The first-order valence-electron chi connectivity index (χ1n) is 12.8. The molecule has 0 saturated carbocycles. The highest BCUT2D eigenvalue weighted by Gasteiger charge is 2.27. The van der Waals surface area contributed by atoms with E-state index >= 15 is 0 Å². The fraction of sp³-hybridized carbons (Fsp3) is 0.538. The predicted molar refractivity (Wildman–Crippen MR) is 138 cm³/mol. The molecule has 2 aromatic rings. The maximum atomic E-state index is 12.2. The summed E-state index contributed by atoms with van der Waals surface area (Å²) in [6.07, 6.45) is 5.32. The summed E-state index contributed by atoms with van der Waals surface area (Å²) in [4.78, 5) is 0. The number of fused-ring (bicyclic) bond motifs is 2. The molecule has 2 aromatic carbocycles. The van der Waals surface area contributed by atoms with Crippen LogP contribution in [0.1, 0.15) is 62.5 Å². The molecule has 2 aliphatic rings. The number of hydrogen-bond acceptors (Lipinski definition) is 9. The van der Waals surface area contributed by atoms with Crippen LogP contribution in [0.3, 0.4) is 0 Å². The van der Waals surface area contributed by atoms with Gasteiger partial charge in [-0.05, 0) is 37.9 Å². The highest BCUT2D eigenvalue weighted by molar-refractivity contribution is 7.89. The van der Waals surface area contributed by atoms with Crippen LogP contribution in [0.5, 0.6) is 34.5 Å². The molecule has 4 rings (SSSR count). The number of unbranched alkanes of at least 4 members (excludes halogenated alkanes) is 3. The van der Waals surface area contributed by atoms with Gasteiger partial charge in [-0.1, -0.05) is 26.2 Å². The van der Waals surface area contributed by atoms with Gasteiger partial charge in [0.25, 0.3) is 0 Å². The molecule has 0 atom stereocenters. The van der Waals surface area contributed by atoms with E-state index in [0.717, 1.165) is 25.7 Å². The summed E-state index contributed by atoms with van der Waals surface area (Å²) in [7, 11) is -3.31. The highest BCUT2D eigenvalue weighted by atomic mass is 32.2. The number of phenols is 2. The third-order valence-corrected chi connectivity index (χ3v) is 7.93. The van der Waals surface area contributed by atoms with Crippen LogP contribution in [0, 0.1) is 0 Å². The number of hydrogen-bond donors (Lipinski definition) is 4. The zero-order valence-electron chi connectivity index (χ0n) is 21.1. The Bertz CT molecular complexity index is 1110. The lowest BCUT2D eigenvalue weighted by molar-refractivity contribution is 0.173. The van der Waals surface area contributed by atoms with Crippen molar-refractivity contribution in [3.8, 4) is 34.5 Å². The van der Waals surface area contributed by atoms with Crippen LogP contribution in [0.15, 0.2) is 24.3 Å². The Kier molecular flexibility index (Phi) is 9.23. The van der Waals surface area contributed by atoms with Crippen molar-refractivity contribution in [2.24, 2.45) is 0 Å². The van der Waals surface area contributed by atoms with E-state index in [1.807, 2.05) is 0 Å². The lowest BCUT2D eigenvalue weighted by atomic mass is 9.85. The predicted octanol–water partition coefficient (Wildman–Crippen LogP) is 3.56. The van der Waals surface area contributed by atoms with Crippen LogP contribution in [-0.4, -0.2) is 57.6 Å². The van der Waals surface area contributed by atoms with E-state index in [0.29, 0.717) is 66.6 Å². The van der Waals surface area contributed by atoms with Crippen molar-refractivity contribution < 1.29 is 37.6 Å². The second-order valence-corrected chi connectivity index (χ2v) is 11.2. The van der Waals surface area contributed by atoms with E-state index in [-0.39, 0.29) is 36.8 Å². The van der Waals surface area contributed by atoms with Crippen molar-refractivity contribution in [2.75, 3.05) is 39.0 Å². The maximum Gasteiger partial charge on any atom is 0.231 e. The van der Waals surface area contributed by atoms with Gasteiger partial charge in [-0.3, -0.25) is 0 Å². The third-order valence-electron chi connectivity index (χ3n) is 6.54. The number of nitrogens with one attached hydrogen (secondary N) is 2.